The molecule has 1 N–H and O–H groups in total. The van der Waals surface area contributed by atoms with Gasteiger partial charge in [-0.15, -0.1) is 0 Å². The first-order valence-corrected chi connectivity index (χ1v) is 10.0. The van der Waals surface area contributed by atoms with Crippen molar-refractivity contribution in [1.29, 1.82) is 0 Å². The number of aliphatic imine (C=N–C) groups is 1. The molecule has 2 aliphatic rings. The Labute approximate surface area is 157 Å². The summed E-state index contributed by atoms with van der Waals surface area (Å²) in [6.07, 6.45) is 6.51. The maximum Gasteiger partial charge on any atom is 0.194 e. The third-order valence-electron chi connectivity index (χ3n) is 5.21. The minimum Gasteiger partial charge on any atom is -0.370 e. The van der Waals surface area contributed by atoms with E-state index in [1.165, 1.54) is 32.5 Å². The van der Waals surface area contributed by atoms with Crippen LogP contribution in [0.4, 0.5) is 0 Å². The summed E-state index contributed by atoms with van der Waals surface area (Å²) < 4.78 is 7.80. The minimum atomic E-state index is 0.0628. The quantitative estimate of drug-likeness (QED) is 0.614. The fourth-order valence-corrected chi connectivity index (χ4v) is 3.87. The van der Waals surface area contributed by atoms with Crippen LogP contribution in [0.1, 0.15) is 38.4 Å². The van der Waals surface area contributed by atoms with E-state index in [1.54, 1.807) is 0 Å². The van der Waals surface area contributed by atoms with Gasteiger partial charge >= 0.3 is 0 Å². The number of hydrogen-bond acceptors (Lipinski definition) is 4. The van der Waals surface area contributed by atoms with E-state index in [0.717, 1.165) is 44.3 Å². The first-order chi connectivity index (χ1) is 12.7. The Bertz CT molecular complexity index is 586. The van der Waals surface area contributed by atoms with Crippen molar-refractivity contribution in [2.75, 3.05) is 52.4 Å². The molecule has 0 spiro atoms. The highest BCUT2D eigenvalue weighted by molar-refractivity contribution is 5.80. The smallest absolute Gasteiger partial charge is 0.194 e. The molecule has 0 radical (unpaired) electrons. The number of hydrogen-bond donors (Lipinski definition) is 1. The van der Waals surface area contributed by atoms with Crippen LogP contribution in [-0.2, 0) is 11.8 Å². The summed E-state index contributed by atoms with van der Waals surface area (Å²) in [5.41, 5.74) is 1.14. The third-order valence-corrected chi connectivity index (χ3v) is 5.21. The first-order valence-electron chi connectivity index (χ1n) is 10.0. The van der Waals surface area contributed by atoms with Gasteiger partial charge in [-0.1, -0.05) is 6.92 Å². The second kappa shape index (κ2) is 9.37. The zero-order valence-corrected chi connectivity index (χ0v) is 16.5. The summed E-state index contributed by atoms with van der Waals surface area (Å²) in [6, 6.07) is 0. The van der Waals surface area contributed by atoms with Crippen LogP contribution in [0.25, 0.3) is 0 Å². The molecule has 3 heterocycles. The van der Waals surface area contributed by atoms with Crippen LogP contribution in [-0.4, -0.2) is 78.0 Å². The van der Waals surface area contributed by atoms with Gasteiger partial charge in [-0.25, -0.2) is 0 Å². The van der Waals surface area contributed by atoms with Gasteiger partial charge < -0.3 is 19.9 Å². The van der Waals surface area contributed by atoms with Crippen LogP contribution < -0.4 is 5.32 Å². The number of guanidine groups is 1. The highest BCUT2D eigenvalue weighted by atomic mass is 16.5. The molecule has 0 aliphatic carbocycles. The van der Waals surface area contributed by atoms with Crippen molar-refractivity contribution in [3.8, 4) is 0 Å². The molecule has 2 saturated heterocycles. The molecule has 7 nitrogen and oxygen atoms in total. The number of nitrogens with one attached hydrogen (secondary N) is 1. The normalized spacial score (nSPS) is 25.0. The Kier molecular flexibility index (Phi) is 6.91. The van der Waals surface area contributed by atoms with Crippen molar-refractivity contribution >= 4 is 5.96 Å². The monoisotopic (exact) mass is 362 g/mol. The number of ether oxygens (including phenoxy) is 1. The van der Waals surface area contributed by atoms with Crippen molar-refractivity contribution < 1.29 is 4.74 Å². The first kappa shape index (κ1) is 19.2. The lowest BCUT2D eigenvalue weighted by molar-refractivity contribution is -0.00806. The lowest BCUT2D eigenvalue weighted by Gasteiger charge is -2.35. The molecule has 146 valence electrons. The van der Waals surface area contributed by atoms with Crippen LogP contribution in [0.15, 0.2) is 17.4 Å². The number of aromatic nitrogens is 2. The predicted octanol–water partition coefficient (Wildman–Crippen LogP) is 1.49. The summed E-state index contributed by atoms with van der Waals surface area (Å²) in [7, 11) is 1.94. The molecule has 0 amide bonds. The fourth-order valence-electron chi connectivity index (χ4n) is 3.87. The molecule has 2 fully saturated rings. The molecule has 0 aromatic carbocycles. The van der Waals surface area contributed by atoms with Crippen molar-refractivity contribution in [2.24, 2.45) is 18.0 Å². The zero-order valence-electron chi connectivity index (χ0n) is 16.5. The van der Waals surface area contributed by atoms with Crippen LogP contribution in [0.2, 0.25) is 0 Å². The van der Waals surface area contributed by atoms with Crippen molar-refractivity contribution in [1.82, 2.24) is 24.9 Å². The van der Waals surface area contributed by atoms with Crippen LogP contribution in [0.3, 0.4) is 0 Å². The van der Waals surface area contributed by atoms with Gasteiger partial charge in [-0.2, -0.15) is 5.10 Å². The average Bonchev–Trinajstić information content (AvgIpc) is 3.28. The number of nitrogens with zero attached hydrogens (tertiary/aromatic N) is 5. The topological polar surface area (TPSA) is 57.9 Å². The summed E-state index contributed by atoms with van der Waals surface area (Å²) in [5.74, 6) is 1.71. The molecular weight excluding hydrogens is 328 g/mol. The number of likely N-dealkylation sites (tertiary alicyclic amines) is 1. The van der Waals surface area contributed by atoms with E-state index < -0.39 is 0 Å². The van der Waals surface area contributed by atoms with E-state index in [-0.39, 0.29) is 6.10 Å². The molecule has 2 atom stereocenters. The third kappa shape index (κ3) is 4.98. The lowest BCUT2D eigenvalue weighted by Crippen LogP contribution is -2.48. The molecule has 1 aromatic heterocycles. The van der Waals surface area contributed by atoms with Crippen molar-refractivity contribution in [3.63, 3.8) is 0 Å². The molecular formula is C19H34N6O. The molecule has 0 bridgehead atoms. The summed E-state index contributed by atoms with van der Waals surface area (Å²) in [5, 5.41) is 7.75. The van der Waals surface area contributed by atoms with E-state index in [4.69, 9.17) is 9.73 Å². The van der Waals surface area contributed by atoms with Crippen LogP contribution in [0, 0.1) is 5.92 Å². The van der Waals surface area contributed by atoms with Gasteiger partial charge in [0.25, 0.3) is 0 Å². The molecule has 26 heavy (non-hydrogen) atoms. The summed E-state index contributed by atoms with van der Waals surface area (Å²) in [4.78, 5) is 9.88. The Hall–Kier alpha value is -1.60. The van der Waals surface area contributed by atoms with E-state index in [1.807, 2.05) is 24.1 Å². The average molecular weight is 363 g/mol. The number of aryl methyl sites for hydroxylation is 1. The van der Waals surface area contributed by atoms with Gasteiger partial charge in [0.15, 0.2) is 5.96 Å². The predicted molar refractivity (Wildman–Crippen MR) is 104 cm³/mol. The Balaban J connectivity index is 1.59. The Morgan fingerprint density at radius 2 is 2.23 bits per heavy atom. The number of rotatable bonds is 6. The maximum atomic E-state index is 5.97. The zero-order chi connectivity index (χ0) is 18.4. The standard InChI is InChI=1S/C19H34N6O/c1-4-7-24-8-6-16(13-24)11-21-19(20-5-2)25-9-10-26-18(15-25)17-12-22-23(3)14-17/h12,14,16,18H,4-11,13,15H2,1-3H3,(H,20,21). The Morgan fingerprint density at radius 1 is 1.35 bits per heavy atom. The van der Waals surface area contributed by atoms with Gasteiger partial charge in [0.1, 0.15) is 6.10 Å². The van der Waals surface area contributed by atoms with Crippen molar-refractivity contribution in [3.05, 3.63) is 18.0 Å². The highest BCUT2D eigenvalue weighted by Crippen LogP contribution is 2.22. The Morgan fingerprint density at radius 3 is 2.96 bits per heavy atom. The van der Waals surface area contributed by atoms with E-state index in [0.29, 0.717) is 5.92 Å². The van der Waals surface area contributed by atoms with Gasteiger partial charge in [-0.05, 0) is 38.8 Å². The molecule has 0 saturated carbocycles. The van der Waals surface area contributed by atoms with E-state index in [9.17, 15) is 0 Å². The maximum absolute atomic E-state index is 5.97. The van der Waals surface area contributed by atoms with Gasteiger partial charge in [0.2, 0.25) is 0 Å². The number of morpholine rings is 1. The second-order valence-corrected chi connectivity index (χ2v) is 7.40. The van der Waals surface area contributed by atoms with Crippen LogP contribution >= 0.6 is 0 Å². The lowest BCUT2D eigenvalue weighted by atomic mass is 10.1. The van der Waals surface area contributed by atoms with Gasteiger partial charge in [-0.3, -0.25) is 9.67 Å². The van der Waals surface area contributed by atoms with Crippen molar-refractivity contribution in [2.45, 2.75) is 32.8 Å². The molecule has 7 heteroatoms. The van der Waals surface area contributed by atoms with Gasteiger partial charge in [0, 0.05) is 45.0 Å². The molecule has 2 aliphatic heterocycles. The van der Waals surface area contributed by atoms with E-state index in [2.05, 4.69) is 34.1 Å². The van der Waals surface area contributed by atoms with E-state index >= 15 is 0 Å². The highest BCUT2D eigenvalue weighted by Gasteiger charge is 2.26. The molecule has 3 rings (SSSR count). The van der Waals surface area contributed by atoms with Crippen LogP contribution in [0.5, 0.6) is 0 Å². The molecule has 1 aromatic rings. The largest absolute Gasteiger partial charge is 0.370 e. The SMILES string of the molecule is CCCN1CCC(CN=C(NCC)N2CCOC(c3cnn(C)c3)C2)C1. The fraction of sp³-hybridized carbons (Fsp3) is 0.789. The second-order valence-electron chi connectivity index (χ2n) is 7.40. The minimum absolute atomic E-state index is 0.0628. The molecule has 2 unspecified atom stereocenters. The summed E-state index contributed by atoms with van der Waals surface area (Å²) in [6.45, 7) is 12.3. The van der Waals surface area contributed by atoms with Gasteiger partial charge in [0.05, 0.1) is 19.3 Å². The summed E-state index contributed by atoms with van der Waals surface area (Å²) >= 11 is 0.